The summed E-state index contributed by atoms with van der Waals surface area (Å²) < 4.78 is 6.06. The summed E-state index contributed by atoms with van der Waals surface area (Å²) in [6.45, 7) is 4.38. The molecular weight excluding hydrogens is 198 g/mol. The van der Waals surface area contributed by atoms with Gasteiger partial charge in [0.25, 0.3) is 0 Å². The lowest BCUT2D eigenvalue weighted by atomic mass is 9.83. The third-order valence-corrected chi connectivity index (χ3v) is 4.19. The molecule has 2 heteroatoms. The normalized spacial score (nSPS) is 30.6. The SMILES string of the molecule is CCCNC1CCCC1OCCC1CCC1. The van der Waals surface area contributed by atoms with E-state index in [4.69, 9.17) is 4.74 Å². The molecule has 0 spiro atoms. The monoisotopic (exact) mass is 225 g/mol. The molecule has 2 nitrogen and oxygen atoms in total. The van der Waals surface area contributed by atoms with Gasteiger partial charge in [-0.3, -0.25) is 0 Å². The Bertz CT molecular complexity index is 191. The van der Waals surface area contributed by atoms with Crippen LogP contribution in [0.5, 0.6) is 0 Å². The number of hydrogen-bond donors (Lipinski definition) is 1. The van der Waals surface area contributed by atoms with Gasteiger partial charge in [0.1, 0.15) is 0 Å². The molecule has 94 valence electrons. The van der Waals surface area contributed by atoms with E-state index in [2.05, 4.69) is 12.2 Å². The van der Waals surface area contributed by atoms with Crippen molar-refractivity contribution in [3.05, 3.63) is 0 Å². The minimum atomic E-state index is 0.506. The topological polar surface area (TPSA) is 21.3 Å². The molecule has 0 heterocycles. The summed E-state index contributed by atoms with van der Waals surface area (Å²) in [4.78, 5) is 0. The Balaban J connectivity index is 1.58. The fraction of sp³-hybridized carbons (Fsp3) is 1.00. The van der Waals surface area contributed by atoms with Crippen LogP contribution in [0.4, 0.5) is 0 Å². The van der Waals surface area contributed by atoms with Crippen LogP contribution in [0.1, 0.15) is 58.3 Å². The van der Waals surface area contributed by atoms with Crippen molar-refractivity contribution in [3.8, 4) is 0 Å². The van der Waals surface area contributed by atoms with Crippen LogP contribution in [-0.2, 0) is 4.74 Å². The van der Waals surface area contributed by atoms with E-state index < -0.39 is 0 Å². The number of nitrogens with one attached hydrogen (secondary N) is 1. The van der Waals surface area contributed by atoms with Gasteiger partial charge in [-0.15, -0.1) is 0 Å². The van der Waals surface area contributed by atoms with E-state index in [-0.39, 0.29) is 0 Å². The summed E-state index contributed by atoms with van der Waals surface area (Å²) in [7, 11) is 0. The molecule has 0 aliphatic heterocycles. The number of hydrogen-bond acceptors (Lipinski definition) is 2. The molecule has 0 saturated heterocycles. The molecule has 2 rings (SSSR count). The molecule has 2 aliphatic rings. The first-order valence-corrected chi connectivity index (χ1v) is 7.25. The van der Waals surface area contributed by atoms with Gasteiger partial charge in [0.15, 0.2) is 0 Å². The molecule has 2 atom stereocenters. The molecule has 0 radical (unpaired) electrons. The second-order valence-corrected chi connectivity index (χ2v) is 5.49. The average Bonchev–Trinajstić information content (AvgIpc) is 2.66. The minimum absolute atomic E-state index is 0.506. The maximum Gasteiger partial charge on any atom is 0.0728 e. The van der Waals surface area contributed by atoms with Gasteiger partial charge >= 0.3 is 0 Å². The Morgan fingerprint density at radius 2 is 1.94 bits per heavy atom. The zero-order valence-electron chi connectivity index (χ0n) is 10.7. The molecule has 2 unspecified atom stereocenters. The van der Waals surface area contributed by atoms with Gasteiger partial charge in [0.05, 0.1) is 6.10 Å². The van der Waals surface area contributed by atoms with E-state index in [1.807, 2.05) is 0 Å². The third kappa shape index (κ3) is 3.46. The van der Waals surface area contributed by atoms with Gasteiger partial charge in [-0.25, -0.2) is 0 Å². The smallest absolute Gasteiger partial charge is 0.0728 e. The molecule has 2 saturated carbocycles. The first-order valence-electron chi connectivity index (χ1n) is 7.25. The van der Waals surface area contributed by atoms with Crippen molar-refractivity contribution in [2.24, 2.45) is 5.92 Å². The summed E-state index contributed by atoms with van der Waals surface area (Å²) >= 11 is 0. The summed E-state index contributed by atoms with van der Waals surface area (Å²) in [5.41, 5.74) is 0. The lowest BCUT2D eigenvalue weighted by Crippen LogP contribution is -2.38. The Labute approximate surface area is 100 Å². The Morgan fingerprint density at radius 3 is 2.62 bits per heavy atom. The van der Waals surface area contributed by atoms with E-state index in [1.54, 1.807) is 0 Å². The third-order valence-electron chi connectivity index (χ3n) is 4.19. The van der Waals surface area contributed by atoms with Crippen LogP contribution in [0.2, 0.25) is 0 Å². The molecule has 2 fully saturated rings. The van der Waals surface area contributed by atoms with Crippen LogP contribution in [0, 0.1) is 5.92 Å². The van der Waals surface area contributed by atoms with Crippen LogP contribution >= 0.6 is 0 Å². The van der Waals surface area contributed by atoms with E-state index >= 15 is 0 Å². The first kappa shape index (κ1) is 12.4. The van der Waals surface area contributed by atoms with Crippen LogP contribution in [0.3, 0.4) is 0 Å². The van der Waals surface area contributed by atoms with Gasteiger partial charge in [0.2, 0.25) is 0 Å². The maximum atomic E-state index is 6.06. The molecule has 0 aromatic rings. The van der Waals surface area contributed by atoms with Crippen LogP contribution < -0.4 is 5.32 Å². The molecule has 1 N–H and O–H groups in total. The molecule has 16 heavy (non-hydrogen) atoms. The summed E-state index contributed by atoms with van der Waals surface area (Å²) in [5, 5.41) is 3.62. The van der Waals surface area contributed by atoms with Crippen molar-refractivity contribution in [2.75, 3.05) is 13.2 Å². The largest absolute Gasteiger partial charge is 0.377 e. The van der Waals surface area contributed by atoms with Gasteiger partial charge in [-0.1, -0.05) is 26.2 Å². The Kier molecular flexibility index (Phi) is 5.11. The van der Waals surface area contributed by atoms with E-state index in [1.165, 1.54) is 51.4 Å². The van der Waals surface area contributed by atoms with Crippen molar-refractivity contribution in [1.82, 2.24) is 5.32 Å². The Hall–Kier alpha value is -0.0800. The van der Waals surface area contributed by atoms with Crippen molar-refractivity contribution in [2.45, 2.75) is 70.4 Å². The molecule has 2 aliphatic carbocycles. The van der Waals surface area contributed by atoms with Crippen LogP contribution in [0.15, 0.2) is 0 Å². The second-order valence-electron chi connectivity index (χ2n) is 5.49. The van der Waals surface area contributed by atoms with Gasteiger partial charge in [0, 0.05) is 12.6 Å². The van der Waals surface area contributed by atoms with Crippen LogP contribution in [-0.4, -0.2) is 25.3 Å². The zero-order chi connectivity index (χ0) is 11.2. The molecule has 0 amide bonds. The molecule has 0 aromatic heterocycles. The predicted molar refractivity (Wildman–Crippen MR) is 67.6 cm³/mol. The first-order chi connectivity index (χ1) is 7.90. The summed E-state index contributed by atoms with van der Waals surface area (Å²) in [6.07, 6.45) is 11.3. The number of rotatable bonds is 7. The number of ether oxygens (including phenoxy) is 1. The highest BCUT2D eigenvalue weighted by Gasteiger charge is 2.27. The fourth-order valence-electron chi connectivity index (χ4n) is 2.86. The highest BCUT2D eigenvalue weighted by molar-refractivity contribution is 4.84. The van der Waals surface area contributed by atoms with Crippen molar-refractivity contribution in [3.63, 3.8) is 0 Å². The Morgan fingerprint density at radius 1 is 1.12 bits per heavy atom. The van der Waals surface area contributed by atoms with Gasteiger partial charge in [-0.2, -0.15) is 0 Å². The van der Waals surface area contributed by atoms with Crippen molar-refractivity contribution < 1.29 is 4.74 Å². The van der Waals surface area contributed by atoms with Crippen molar-refractivity contribution in [1.29, 1.82) is 0 Å². The van der Waals surface area contributed by atoms with Crippen LogP contribution in [0.25, 0.3) is 0 Å². The highest BCUT2D eigenvalue weighted by atomic mass is 16.5. The average molecular weight is 225 g/mol. The zero-order valence-corrected chi connectivity index (χ0v) is 10.7. The quantitative estimate of drug-likeness (QED) is 0.719. The molecule has 0 aromatic carbocycles. The predicted octanol–water partition coefficient (Wildman–Crippen LogP) is 3.11. The van der Waals surface area contributed by atoms with E-state index in [0.29, 0.717) is 12.1 Å². The van der Waals surface area contributed by atoms with Gasteiger partial charge < -0.3 is 10.1 Å². The summed E-state index contributed by atoms with van der Waals surface area (Å²) in [5.74, 6) is 0.989. The molecule has 0 bridgehead atoms. The van der Waals surface area contributed by atoms with E-state index in [0.717, 1.165) is 19.1 Å². The fourth-order valence-corrected chi connectivity index (χ4v) is 2.86. The van der Waals surface area contributed by atoms with Crippen molar-refractivity contribution >= 4 is 0 Å². The summed E-state index contributed by atoms with van der Waals surface area (Å²) in [6, 6.07) is 0.640. The highest BCUT2D eigenvalue weighted by Crippen LogP contribution is 2.30. The maximum absolute atomic E-state index is 6.06. The molecular formula is C14H27NO. The second kappa shape index (κ2) is 6.61. The minimum Gasteiger partial charge on any atom is -0.377 e. The lowest BCUT2D eigenvalue weighted by molar-refractivity contribution is 0.0265. The lowest BCUT2D eigenvalue weighted by Gasteiger charge is -2.27. The van der Waals surface area contributed by atoms with E-state index in [9.17, 15) is 0 Å². The standard InChI is InChI=1S/C14H27NO/c1-2-10-15-13-7-4-8-14(13)16-11-9-12-5-3-6-12/h12-15H,2-11H2,1H3. The van der Waals surface area contributed by atoms with Gasteiger partial charge in [-0.05, 0) is 44.6 Å².